The minimum absolute atomic E-state index is 0. The quantitative estimate of drug-likeness (QED) is 0.172. The molecule has 5 rings (SSSR count). The summed E-state index contributed by atoms with van der Waals surface area (Å²) >= 11 is 1.57. The fourth-order valence-electron chi connectivity index (χ4n) is 4.32. The molecule has 0 amide bonds. The van der Waals surface area contributed by atoms with Gasteiger partial charge in [0.2, 0.25) is 0 Å². The maximum absolute atomic E-state index is 13.7. The van der Waals surface area contributed by atoms with Crippen molar-refractivity contribution in [1.29, 1.82) is 0 Å². The van der Waals surface area contributed by atoms with E-state index in [-0.39, 0.29) is 56.9 Å². The van der Waals surface area contributed by atoms with Gasteiger partial charge >= 0.3 is 57.1 Å². The van der Waals surface area contributed by atoms with Gasteiger partial charge in [-0.2, -0.15) is 0 Å². The first-order chi connectivity index (χ1) is 18.0. The van der Waals surface area contributed by atoms with Crippen LogP contribution in [-0.4, -0.2) is 76.8 Å². The Morgan fingerprint density at radius 2 is 1.58 bits per heavy atom. The van der Waals surface area contributed by atoms with Crippen molar-refractivity contribution in [2.45, 2.75) is 32.0 Å². The van der Waals surface area contributed by atoms with Gasteiger partial charge in [-0.1, -0.05) is 103 Å². The summed E-state index contributed by atoms with van der Waals surface area (Å²) in [7, 11) is 0. The number of benzene rings is 3. The van der Waals surface area contributed by atoms with E-state index in [2.05, 4.69) is 17.1 Å². The summed E-state index contributed by atoms with van der Waals surface area (Å²) in [5.74, 6) is 0.614. The van der Waals surface area contributed by atoms with Gasteiger partial charge in [-0.15, -0.1) is 0 Å². The van der Waals surface area contributed by atoms with Crippen LogP contribution in [0.3, 0.4) is 0 Å². The Kier molecular flexibility index (Phi) is 9.75. The maximum atomic E-state index is 13.7. The molecule has 0 spiro atoms. The van der Waals surface area contributed by atoms with Crippen LogP contribution in [0.1, 0.15) is 29.3 Å². The van der Waals surface area contributed by atoms with E-state index in [1.807, 2.05) is 85.8 Å². The molecule has 0 atom stereocenters. The fraction of sp³-hybridized carbons (Fsp3) is 0.172. The summed E-state index contributed by atoms with van der Waals surface area (Å²) < 4.78 is 6.47. The predicted molar refractivity (Wildman–Crippen MR) is 153 cm³/mol. The molecule has 7 nitrogen and oxygen atoms in total. The molecule has 188 valence electrons. The van der Waals surface area contributed by atoms with E-state index in [0.717, 1.165) is 50.0 Å². The monoisotopic (exact) mass is 550 g/mol. The van der Waals surface area contributed by atoms with Crippen molar-refractivity contribution in [2.24, 2.45) is 0 Å². The van der Waals surface area contributed by atoms with Gasteiger partial charge in [-0.25, -0.2) is 9.78 Å². The molecule has 0 fully saturated rings. The van der Waals surface area contributed by atoms with Crippen LogP contribution in [0.4, 0.5) is 0 Å². The van der Waals surface area contributed by atoms with Crippen LogP contribution in [0, 0.1) is 6.92 Å². The first-order valence-corrected chi connectivity index (χ1v) is 13.0. The van der Waals surface area contributed by atoms with Crippen LogP contribution in [0.15, 0.2) is 98.1 Å². The van der Waals surface area contributed by atoms with Crippen molar-refractivity contribution in [3.05, 3.63) is 122 Å². The van der Waals surface area contributed by atoms with Crippen LogP contribution in [-0.2, 0) is 13.0 Å². The number of aryl methyl sites for hydroxylation is 1. The number of H-pyrrole nitrogens is 1. The van der Waals surface area contributed by atoms with E-state index in [1.54, 1.807) is 16.3 Å². The van der Waals surface area contributed by atoms with Crippen molar-refractivity contribution in [3.63, 3.8) is 0 Å². The number of hydrogen-bond donors (Lipinski definition) is 1. The second kappa shape index (κ2) is 13.0. The Balaban J connectivity index is 0.00000336. The molecule has 2 heterocycles. The third-order valence-electron chi connectivity index (χ3n) is 6.16. The molecule has 1 N–H and O–H groups in total. The molecule has 0 aliphatic rings. The van der Waals surface area contributed by atoms with Crippen LogP contribution in [0.5, 0.6) is 0 Å². The van der Waals surface area contributed by atoms with Crippen LogP contribution in [0.25, 0.3) is 22.5 Å². The predicted octanol–water partition coefficient (Wildman–Crippen LogP) is 4.66. The zero-order chi connectivity index (χ0) is 25.8. The molecule has 0 bridgehead atoms. The van der Waals surface area contributed by atoms with Gasteiger partial charge in [0, 0.05) is 23.2 Å². The molecule has 9 heteroatoms. The van der Waals surface area contributed by atoms with Gasteiger partial charge in [0.05, 0.1) is 6.54 Å². The molecular formula is C29H27KN4O3S. The van der Waals surface area contributed by atoms with E-state index in [0.29, 0.717) is 18.8 Å². The number of hydrogen-bond acceptors (Lipinski definition) is 6. The first kappa shape index (κ1) is 28.5. The Labute approximate surface area is 267 Å². The second-order valence-electron chi connectivity index (χ2n) is 8.63. The van der Waals surface area contributed by atoms with E-state index >= 15 is 0 Å². The average Bonchev–Trinajstić information content (AvgIpc) is 3.36. The number of nitrogens with zero attached hydrogens (tertiary/aromatic N) is 3. The summed E-state index contributed by atoms with van der Waals surface area (Å²) in [5, 5.41) is 4.57. The minimum atomic E-state index is -0.593. The van der Waals surface area contributed by atoms with Crippen LogP contribution < -0.4 is 11.3 Å². The summed E-state index contributed by atoms with van der Waals surface area (Å²) in [6, 6.07) is 25.7. The van der Waals surface area contributed by atoms with E-state index in [1.165, 1.54) is 0 Å². The van der Waals surface area contributed by atoms with Crippen molar-refractivity contribution in [1.82, 2.24) is 19.7 Å². The number of nitrogens with one attached hydrogen (secondary N) is 1. The Morgan fingerprint density at radius 1 is 0.895 bits per heavy atom. The van der Waals surface area contributed by atoms with Crippen molar-refractivity contribution in [3.8, 4) is 22.5 Å². The summed E-state index contributed by atoms with van der Waals surface area (Å²) in [6.07, 6.45) is 0.551. The van der Waals surface area contributed by atoms with E-state index in [9.17, 15) is 9.59 Å². The molecule has 0 radical (unpaired) electrons. The Hall–Kier alpha value is -2.53. The standard InChI is InChI=1S/C29H26N4O3S.K.H/c1-3-37-28-30-19(2)25(17-20-9-5-4-6-10-20)27(34)33(28)18-21-13-15-22(16-14-21)23-11-7-8-12-24(23)26-31-29(35)36-32-26;;/h4-16H,3,17-18H2,1-2H3,(H,31,32,35);;. The molecule has 0 saturated carbocycles. The van der Waals surface area contributed by atoms with Crippen LogP contribution >= 0.6 is 11.8 Å². The number of aromatic nitrogens is 4. The normalized spacial score (nSPS) is 10.8. The molecule has 5 aromatic rings. The molecule has 0 unspecified atom stereocenters. The van der Waals surface area contributed by atoms with Gasteiger partial charge in [-0.3, -0.25) is 18.9 Å². The summed E-state index contributed by atoms with van der Waals surface area (Å²) in [4.78, 5) is 32.5. The zero-order valence-electron chi connectivity index (χ0n) is 20.6. The molecule has 38 heavy (non-hydrogen) atoms. The number of rotatable bonds is 8. The number of thioether (sulfide) groups is 1. The Morgan fingerprint density at radius 3 is 2.24 bits per heavy atom. The average molecular weight is 551 g/mol. The molecule has 0 aliphatic carbocycles. The van der Waals surface area contributed by atoms with Gasteiger partial charge in [0.25, 0.3) is 5.56 Å². The van der Waals surface area contributed by atoms with Gasteiger partial charge in [0.15, 0.2) is 11.0 Å². The zero-order valence-corrected chi connectivity index (χ0v) is 21.4. The van der Waals surface area contributed by atoms with Crippen LogP contribution in [0.2, 0.25) is 0 Å². The van der Waals surface area contributed by atoms with Crippen molar-refractivity contribution < 1.29 is 4.52 Å². The third-order valence-corrected chi connectivity index (χ3v) is 7.02. The van der Waals surface area contributed by atoms with Gasteiger partial charge in [0.1, 0.15) is 0 Å². The summed E-state index contributed by atoms with van der Waals surface area (Å²) in [6.45, 7) is 4.40. The molecule has 2 aromatic heterocycles. The molecule has 0 aliphatic heterocycles. The Bertz CT molecular complexity index is 1640. The van der Waals surface area contributed by atoms with E-state index in [4.69, 9.17) is 9.51 Å². The first-order valence-electron chi connectivity index (χ1n) is 12.0. The second-order valence-corrected chi connectivity index (χ2v) is 9.86. The molecule has 0 saturated heterocycles. The summed E-state index contributed by atoms with van der Waals surface area (Å²) in [5.41, 5.74) is 6.23. The van der Waals surface area contributed by atoms with Gasteiger partial charge < -0.3 is 0 Å². The van der Waals surface area contributed by atoms with Gasteiger partial charge in [-0.05, 0) is 34.9 Å². The SMILES string of the molecule is CCSc1nc(C)c(Cc2ccccc2)c(=O)n1Cc1ccc(-c2ccccc2-c2noc(=O)[nH]2)cc1.[KH]. The number of aromatic amines is 1. The van der Waals surface area contributed by atoms with Crippen molar-refractivity contribution >= 4 is 63.1 Å². The third kappa shape index (κ3) is 6.36. The molecular weight excluding hydrogens is 524 g/mol. The molecule has 3 aromatic carbocycles. The van der Waals surface area contributed by atoms with E-state index < -0.39 is 5.76 Å². The topological polar surface area (TPSA) is 93.8 Å². The van der Waals surface area contributed by atoms with Crippen molar-refractivity contribution in [2.75, 3.05) is 5.75 Å². The fourth-order valence-corrected chi connectivity index (χ4v) is 5.08.